The molecule has 0 heterocycles. The lowest BCUT2D eigenvalue weighted by Gasteiger charge is -2.22. The quantitative estimate of drug-likeness (QED) is 0.688. The largest absolute Gasteiger partial charge is 0.313 e. The maximum absolute atomic E-state index is 3.34. The third-order valence-electron chi connectivity index (χ3n) is 2.74. The van der Waals surface area contributed by atoms with E-state index in [9.17, 15) is 0 Å². The van der Waals surface area contributed by atoms with Gasteiger partial charge in [-0.2, -0.15) is 0 Å². The van der Waals surface area contributed by atoms with Gasteiger partial charge in [-0.05, 0) is 37.1 Å². The van der Waals surface area contributed by atoms with Crippen molar-refractivity contribution in [3.05, 3.63) is 41.0 Å². The van der Waals surface area contributed by atoms with Crippen LogP contribution in [0.5, 0.6) is 0 Å². The summed E-state index contributed by atoms with van der Waals surface area (Å²) in [4.78, 5) is 0. The van der Waals surface area contributed by atoms with Crippen LogP contribution < -0.4 is 5.32 Å². The Hall–Kier alpha value is -1.08. The summed E-state index contributed by atoms with van der Waals surface area (Å²) >= 11 is 0. The Labute approximate surface area is 79.5 Å². The van der Waals surface area contributed by atoms with Crippen molar-refractivity contribution < 1.29 is 0 Å². The number of rotatable bonds is 1. The van der Waals surface area contributed by atoms with Gasteiger partial charge in [-0.15, -0.1) is 0 Å². The van der Waals surface area contributed by atoms with Gasteiger partial charge in [-0.1, -0.05) is 30.4 Å². The third kappa shape index (κ3) is 1.40. The molecule has 1 N–H and O–H groups in total. The highest BCUT2D eigenvalue weighted by Gasteiger charge is 2.15. The predicted octanol–water partition coefficient (Wildman–Crippen LogP) is 2.67. The summed E-state index contributed by atoms with van der Waals surface area (Å²) in [5.74, 6) is 0. The van der Waals surface area contributed by atoms with E-state index in [1.165, 1.54) is 16.7 Å². The summed E-state index contributed by atoms with van der Waals surface area (Å²) in [6.07, 6.45) is 5.59. The number of fused-ring (bicyclic) bond motifs is 1. The van der Waals surface area contributed by atoms with Crippen molar-refractivity contribution in [3.63, 3.8) is 0 Å². The zero-order valence-electron chi connectivity index (χ0n) is 8.17. The number of nitrogens with one attached hydrogen (secondary N) is 1. The van der Waals surface area contributed by atoms with Crippen molar-refractivity contribution in [3.8, 4) is 0 Å². The van der Waals surface area contributed by atoms with E-state index in [1.54, 1.807) is 0 Å². The van der Waals surface area contributed by atoms with Gasteiger partial charge in [0.25, 0.3) is 0 Å². The van der Waals surface area contributed by atoms with E-state index in [2.05, 4.69) is 42.6 Å². The van der Waals surface area contributed by atoms with Crippen LogP contribution in [0.4, 0.5) is 0 Å². The highest BCUT2D eigenvalue weighted by Crippen LogP contribution is 2.29. The molecule has 0 bridgehead atoms. The minimum Gasteiger partial charge on any atom is -0.313 e. The molecule has 0 aliphatic heterocycles. The van der Waals surface area contributed by atoms with Crippen LogP contribution in [-0.4, -0.2) is 7.05 Å². The Bertz CT molecular complexity index is 339. The molecule has 68 valence electrons. The third-order valence-corrected chi connectivity index (χ3v) is 2.74. The van der Waals surface area contributed by atoms with Crippen LogP contribution in [0.1, 0.15) is 29.2 Å². The molecule has 1 unspecified atom stereocenters. The molecule has 1 heteroatoms. The van der Waals surface area contributed by atoms with Crippen molar-refractivity contribution in [2.24, 2.45) is 0 Å². The van der Waals surface area contributed by atoms with Gasteiger partial charge < -0.3 is 5.32 Å². The van der Waals surface area contributed by atoms with Gasteiger partial charge in [0.05, 0.1) is 0 Å². The zero-order chi connectivity index (χ0) is 9.26. The van der Waals surface area contributed by atoms with E-state index in [4.69, 9.17) is 0 Å². The van der Waals surface area contributed by atoms with Crippen LogP contribution in [-0.2, 0) is 0 Å². The lowest BCUT2D eigenvalue weighted by Crippen LogP contribution is -2.18. The zero-order valence-corrected chi connectivity index (χ0v) is 8.17. The fourth-order valence-corrected chi connectivity index (χ4v) is 1.96. The fourth-order valence-electron chi connectivity index (χ4n) is 1.96. The summed E-state index contributed by atoms with van der Waals surface area (Å²) < 4.78 is 0. The van der Waals surface area contributed by atoms with Crippen LogP contribution >= 0.6 is 0 Å². The first-order valence-electron chi connectivity index (χ1n) is 4.76. The summed E-state index contributed by atoms with van der Waals surface area (Å²) in [5.41, 5.74) is 4.20. The number of aryl methyl sites for hydroxylation is 1. The van der Waals surface area contributed by atoms with Gasteiger partial charge in [0, 0.05) is 6.04 Å². The second-order valence-electron chi connectivity index (χ2n) is 3.56. The molecule has 0 fully saturated rings. The molecule has 2 rings (SSSR count). The molecule has 1 nitrogen and oxygen atoms in total. The molecule has 13 heavy (non-hydrogen) atoms. The van der Waals surface area contributed by atoms with Crippen LogP contribution in [0.3, 0.4) is 0 Å². The average Bonchev–Trinajstić information content (AvgIpc) is 2.18. The Morgan fingerprint density at radius 2 is 2.23 bits per heavy atom. The Kier molecular flexibility index (Phi) is 2.19. The number of hydrogen-bond acceptors (Lipinski definition) is 1. The molecule has 0 radical (unpaired) electrons. The smallest absolute Gasteiger partial charge is 0.0358 e. The van der Waals surface area contributed by atoms with Crippen LogP contribution in [0.2, 0.25) is 0 Å². The molecule has 1 aliphatic carbocycles. The van der Waals surface area contributed by atoms with E-state index < -0.39 is 0 Å². The summed E-state index contributed by atoms with van der Waals surface area (Å²) in [5, 5.41) is 3.34. The van der Waals surface area contributed by atoms with E-state index in [-0.39, 0.29) is 0 Å². The van der Waals surface area contributed by atoms with Crippen molar-refractivity contribution >= 4 is 6.08 Å². The number of hydrogen-bond donors (Lipinski definition) is 1. The first kappa shape index (κ1) is 8.52. The fraction of sp³-hybridized carbons (Fsp3) is 0.333. The second-order valence-corrected chi connectivity index (χ2v) is 3.56. The lowest BCUT2D eigenvalue weighted by atomic mass is 9.90. The monoisotopic (exact) mass is 173 g/mol. The Morgan fingerprint density at radius 3 is 3.00 bits per heavy atom. The van der Waals surface area contributed by atoms with E-state index in [0.29, 0.717) is 6.04 Å². The van der Waals surface area contributed by atoms with Crippen molar-refractivity contribution in [2.75, 3.05) is 7.05 Å². The molecule has 0 aromatic heterocycles. The van der Waals surface area contributed by atoms with Crippen molar-refractivity contribution in [1.29, 1.82) is 0 Å². The summed E-state index contributed by atoms with van der Waals surface area (Å²) in [6, 6.07) is 7.02. The van der Waals surface area contributed by atoms with Gasteiger partial charge in [-0.3, -0.25) is 0 Å². The van der Waals surface area contributed by atoms with Crippen LogP contribution in [0.15, 0.2) is 24.3 Å². The molecule has 0 saturated heterocycles. The molecule has 0 saturated carbocycles. The Morgan fingerprint density at radius 1 is 1.38 bits per heavy atom. The second kappa shape index (κ2) is 3.35. The molecular weight excluding hydrogens is 158 g/mol. The normalized spacial score (nSPS) is 20.0. The standard InChI is InChI=1S/C12H15N/c1-9-5-3-7-11-10(9)6-4-8-12(11)13-2/h3-7,12-13H,8H2,1-2H3. The van der Waals surface area contributed by atoms with Crippen LogP contribution in [0.25, 0.3) is 6.08 Å². The topological polar surface area (TPSA) is 12.0 Å². The molecule has 0 amide bonds. The summed E-state index contributed by atoms with van der Waals surface area (Å²) in [6.45, 7) is 2.17. The average molecular weight is 173 g/mol. The van der Waals surface area contributed by atoms with E-state index >= 15 is 0 Å². The van der Waals surface area contributed by atoms with E-state index in [0.717, 1.165) is 6.42 Å². The molecule has 1 aliphatic rings. The molecule has 1 aromatic carbocycles. The Balaban J connectivity index is 2.53. The minimum absolute atomic E-state index is 0.500. The molecular formula is C12H15N. The highest BCUT2D eigenvalue weighted by atomic mass is 14.9. The minimum atomic E-state index is 0.500. The predicted molar refractivity (Wildman–Crippen MR) is 56.6 cm³/mol. The maximum Gasteiger partial charge on any atom is 0.0358 e. The number of benzene rings is 1. The lowest BCUT2D eigenvalue weighted by molar-refractivity contribution is 0.598. The van der Waals surface area contributed by atoms with Gasteiger partial charge in [0.15, 0.2) is 0 Å². The van der Waals surface area contributed by atoms with Gasteiger partial charge in [0.1, 0.15) is 0 Å². The maximum atomic E-state index is 3.34. The van der Waals surface area contributed by atoms with Gasteiger partial charge in [0.2, 0.25) is 0 Å². The molecule has 1 atom stereocenters. The van der Waals surface area contributed by atoms with Crippen molar-refractivity contribution in [1.82, 2.24) is 5.32 Å². The van der Waals surface area contributed by atoms with Gasteiger partial charge in [-0.25, -0.2) is 0 Å². The van der Waals surface area contributed by atoms with Gasteiger partial charge >= 0.3 is 0 Å². The molecule has 1 aromatic rings. The van der Waals surface area contributed by atoms with Crippen molar-refractivity contribution in [2.45, 2.75) is 19.4 Å². The van der Waals surface area contributed by atoms with Crippen LogP contribution in [0, 0.1) is 6.92 Å². The first-order valence-corrected chi connectivity index (χ1v) is 4.76. The summed E-state index contributed by atoms with van der Waals surface area (Å²) in [7, 11) is 2.02. The first-order chi connectivity index (χ1) is 6.33. The SMILES string of the molecule is CNC1CC=Cc2c(C)cccc21. The highest BCUT2D eigenvalue weighted by molar-refractivity contribution is 5.61. The van der Waals surface area contributed by atoms with E-state index in [1.807, 2.05) is 7.05 Å². The molecule has 0 spiro atoms.